The summed E-state index contributed by atoms with van der Waals surface area (Å²) in [5.41, 5.74) is 5.04. The standard InChI is InChI=1S/C12H22N2O2/c1-10-3-6-14(7-4-10)11(15)12(9-13)5-2-8-16-12/h10H,2-9,13H2,1H3. The van der Waals surface area contributed by atoms with Crippen molar-refractivity contribution in [2.24, 2.45) is 11.7 Å². The van der Waals surface area contributed by atoms with Crippen LogP contribution in [0.15, 0.2) is 0 Å². The highest BCUT2D eigenvalue weighted by Crippen LogP contribution is 2.28. The van der Waals surface area contributed by atoms with Crippen molar-refractivity contribution < 1.29 is 9.53 Å². The Balaban J connectivity index is 2.00. The average molecular weight is 226 g/mol. The number of ether oxygens (including phenoxy) is 1. The van der Waals surface area contributed by atoms with Gasteiger partial charge in [-0.25, -0.2) is 0 Å². The summed E-state index contributed by atoms with van der Waals surface area (Å²) in [5.74, 6) is 0.863. The smallest absolute Gasteiger partial charge is 0.256 e. The van der Waals surface area contributed by atoms with Gasteiger partial charge in [-0.2, -0.15) is 0 Å². The van der Waals surface area contributed by atoms with Crippen molar-refractivity contribution in [3.05, 3.63) is 0 Å². The summed E-state index contributed by atoms with van der Waals surface area (Å²) < 4.78 is 5.62. The number of nitrogens with two attached hydrogens (primary N) is 1. The average Bonchev–Trinajstić information content (AvgIpc) is 2.79. The van der Waals surface area contributed by atoms with Crippen molar-refractivity contribution in [2.45, 2.75) is 38.2 Å². The first-order chi connectivity index (χ1) is 7.68. The minimum absolute atomic E-state index is 0.124. The number of rotatable bonds is 2. The highest BCUT2D eigenvalue weighted by Gasteiger charge is 2.44. The van der Waals surface area contributed by atoms with Gasteiger partial charge in [0.1, 0.15) is 0 Å². The SMILES string of the molecule is CC1CCN(C(=O)C2(CN)CCCO2)CC1. The summed E-state index contributed by atoms with van der Waals surface area (Å²) in [6.07, 6.45) is 3.94. The number of likely N-dealkylation sites (tertiary alicyclic amines) is 1. The summed E-state index contributed by atoms with van der Waals surface area (Å²) in [5, 5.41) is 0. The molecule has 2 aliphatic rings. The molecule has 2 fully saturated rings. The number of carbonyl (C=O) groups excluding carboxylic acids is 1. The molecular weight excluding hydrogens is 204 g/mol. The number of carbonyl (C=O) groups is 1. The second-order valence-corrected chi connectivity index (χ2v) is 5.13. The Hall–Kier alpha value is -0.610. The molecule has 4 heteroatoms. The third kappa shape index (κ3) is 2.09. The molecule has 2 N–H and O–H groups in total. The minimum Gasteiger partial charge on any atom is -0.364 e. The largest absolute Gasteiger partial charge is 0.364 e. The maximum absolute atomic E-state index is 12.4. The summed E-state index contributed by atoms with van der Waals surface area (Å²) in [4.78, 5) is 14.3. The highest BCUT2D eigenvalue weighted by atomic mass is 16.5. The van der Waals surface area contributed by atoms with Gasteiger partial charge >= 0.3 is 0 Å². The van der Waals surface area contributed by atoms with Gasteiger partial charge in [0.05, 0.1) is 0 Å². The first-order valence-corrected chi connectivity index (χ1v) is 6.31. The van der Waals surface area contributed by atoms with E-state index >= 15 is 0 Å². The molecule has 0 bridgehead atoms. The van der Waals surface area contributed by atoms with E-state index in [-0.39, 0.29) is 5.91 Å². The molecule has 2 aliphatic heterocycles. The van der Waals surface area contributed by atoms with Crippen LogP contribution >= 0.6 is 0 Å². The molecule has 2 saturated heterocycles. The maximum Gasteiger partial charge on any atom is 0.256 e. The lowest BCUT2D eigenvalue weighted by Crippen LogP contribution is -2.54. The van der Waals surface area contributed by atoms with Crippen molar-refractivity contribution >= 4 is 5.91 Å². The number of hydrogen-bond acceptors (Lipinski definition) is 3. The fourth-order valence-corrected chi connectivity index (χ4v) is 2.61. The molecule has 92 valence electrons. The van der Waals surface area contributed by atoms with Gasteiger partial charge in [-0.15, -0.1) is 0 Å². The Morgan fingerprint density at radius 3 is 2.69 bits per heavy atom. The van der Waals surface area contributed by atoms with E-state index in [0.717, 1.165) is 44.7 Å². The first kappa shape index (κ1) is 11.9. The van der Waals surface area contributed by atoms with E-state index in [0.29, 0.717) is 13.2 Å². The highest BCUT2D eigenvalue weighted by molar-refractivity contribution is 5.86. The van der Waals surface area contributed by atoms with Gasteiger partial charge in [0, 0.05) is 26.2 Å². The van der Waals surface area contributed by atoms with E-state index in [1.807, 2.05) is 4.90 Å². The van der Waals surface area contributed by atoms with E-state index in [4.69, 9.17) is 10.5 Å². The summed E-state index contributed by atoms with van der Waals surface area (Å²) in [7, 11) is 0. The van der Waals surface area contributed by atoms with Gasteiger partial charge in [0.25, 0.3) is 5.91 Å². The maximum atomic E-state index is 12.4. The summed E-state index contributed by atoms with van der Waals surface area (Å²) >= 11 is 0. The van der Waals surface area contributed by atoms with Crippen LogP contribution in [-0.4, -0.2) is 42.6 Å². The van der Waals surface area contributed by atoms with Crippen LogP contribution in [0, 0.1) is 5.92 Å². The molecule has 1 atom stereocenters. The van der Waals surface area contributed by atoms with Crippen LogP contribution < -0.4 is 5.73 Å². The Bertz CT molecular complexity index is 254. The van der Waals surface area contributed by atoms with Crippen LogP contribution in [0.5, 0.6) is 0 Å². The second kappa shape index (κ2) is 4.72. The van der Waals surface area contributed by atoms with Crippen LogP contribution in [0.1, 0.15) is 32.6 Å². The lowest BCUT2D eigenvalue weighted by molar-refractivity contribution is -0.153. The molecule has 2 heterocycles. The van der Waals surface area contributed by atoms with Gasteiger partial charge in [0.2, 0.25) is 0 Å². The zero-order chi connectivity index (χ0) is 11.6. The molecule has 1 unspecified atom stereocenters. The Morgan fingerprint density at radius 1 is 1.50 bits per heavy atom. The molecule has 0 aliphatic carbocycles. The molecule has 1 amide bonds. The van der Waals surface area contributed by atoms with Crippen molar-refractivity contribution in [1.82, 2.24) is 4.90 Å². The number of piperidine rings is 1. The molecule has 0 aromatic rings. The quantitative estimate of drug-likeness (QED) is 0.756. The predicted octanol–water partition coefficient (Wildman–Crippen LogP) is 0.753. The monoisotopic (exact) mass is 226 g/mol. The second-order valence-electron chi connectivity index (χ2n) is 5.13. The fourth-order valence-electron chi connectivity index (χ4n) is 2.61. The van der Waals surface area contributed by atoms with Crippen LogP contribution in [0.2, 0.25) is 0 Å². The van der Waals surface area contributed by atoms with Crippen LogP contribution in [0.4, 0.5) is 0 Å². The van der Waals surface area contributed by atoms with E-state index in [9.17, 15) is 4.79 Å². The van der Waals surface area contributed by atoms with Gasteiger partial charge < -0.3 is 15.4 Å². The molecule has 0 radical (unpaired) electrons. The molecule has 2 rings (SSSR count). The van der Waals surface area contributed by atoms with Gasteiger partial charge in [0.15, 0.2) is 5.60 Å². The topological polar surface area (TPSA) is 55.6 Å². The van der Waals surface area contributed by atoms with Crippen molar-refractivity contribution in [3.63, 3.8) is 0 Å². The lowest BCUT2D eigenvalue weighted by atomic mass is 9.94. The Morgan fingerprint density at radius 2 is 2.19 bits per heavy atom. The molecule has 0 aromatic heterocycles. The Labute approximate surface area is 97.1 Å². The van der Waals surface area contributed by atoms with Crippen molar-refractivity contribution in [2.75, 3.05) is 26.2 Å². The Kier molecular flexibility index (Phi) is 3.50. The summed E-state index contributed by atoms with van der Waals surface area (Å²) in [6, 6.07) is 0. The fraction of sp³-hybridized carbons (Fsp3) is 0.917. The van der Waals surface area contributed by atoms with Gasteiger partial charge in [-0.05, 0) is 31.6 Å². The lowest BCUT2D eigenvalue weighted by Gasteiger charge is -2.36. The first-order valence-electron chi connectivity index (χ1n) is 6.31. The van der Waals surface area contributed by atoms with Gasteiger partial charge in [-0.3, -0.25) is 4.79 Å². The van der Waals surface area contributed by atoms with Crippen LogP contribution in [0.25, 0.3) is 0 Å². The van der Waals surface area contributed by atoms with Gasteiger partial charge in [-0.1, -0.05) is 6.92 Å². The molecular formula is C12H22N2O2. The van der Waals surface area contributed by atoms with Crippen LogP contribution in [-0.2, 0) is 9.53 Å². The van der Waals surface area contributed by atoms with Crippen molar-refractivity contribution in [1.29, 1.82) is 0 Å². The van der Waals surface area contributed by atoms with Crippen molar-refractivity contribution in [3.8, 4) is 0 Å². The molecule has 16 heavy (non-hydrogen) atoms. The van der Waals surface area contributed by atoms with E-state index in [1.54, 1.807) is 0 Å². The number of hydrogen-bond donors (Lipinski definition) is 1. The van der Waals surface area contributed by atoms with E-state index < -0.39 is 5.60 Å². The van der Waals surface area contributed by atoms with E-state index in [2.05, 4.69) is 6.92 Å². The third-order valence-corrected chi connectivity index (χ3v) is 3.89. The third-order valence-electron chi connectivity index (χ3n) is 3.89. The molecule has 0 saturated carbocycles. The minimum atomic E-state index is -0.694. The molecule has 0 aromatic carbocycles. The number of nitrogens with zero attached hydrogens (tertiary/aromatic N) is 1. The zero-order valence-electron chi connectivity index (χ0n) is 10.1. The molecule has 4 nitrogen and oxygen atoms in total. The normalized spacial score (nSPS) is 32.0. The van der Waals surface area contributed by atoms with Crippen LogP contribution in [0.3, 0.4) is 0 Å². The number of amides is 1. The predicted molar refractivity (Wildman–Crippen MR) is 61.9 cm³/mol. The van der Waals surface area contributed by atoms with E-state index in [1.165, 1.54) is 0 Å². The zero-order valence-corrected chi connectivity index (χ0v) is 10.1. The summed E-state index contributed by atoms with van der Waals surface area (Å²) in [6.45, 7) is 4.97. The molecule has 0 spiro atoms.